The molecule has 1 aromatic carbocycles. The number of nitrogens with one attached hydrogen (secondary N) is 1. The van der Waals surface area contributed by atoms with Crippen LogP contribution in [0, 0.1) is 0 Å². The van der Waals surface area contributed by atoms with Gasteiger partial charge >= 0.3 is 0 Å². The van der Waals surface area contributed by atoms with E-state index in [-0.39, 0.29) is 11.1 Å². The molecule has 2 amide bonds. The molecule has 2 aliphatic heterocycles. The van der Waals surface area contributed by atoms with Crippen LogP contribution in [0.4, 0.5) is 10.5 Å². The second-order valence-electron chi connectivity index (χ2n) is 6.47. The Kier molecular flexibility index (Phi) is 5.43. The zero-order chi connectivity index (χ0) is 18.8. The van der Waals surface area contributed by atoms with Gasteiger partial charge in [-0.05, 0) is 44.4 Å². The Labute approximate surface area is 157 Å². The maximum absolute atomic E-state index is 11.9. The van der Waals surface area contributed by atoms with Gasteiger partial charge in [0.1, 0.15) is 0 Å². The van der Waals surface area contributed by atoms with Crippen LogP contribution in [0.3, 0.4) is 0 Å². The number of imide groups is 1. The SMILES string of the molecule is COc1cc(C=C2SC(=O)NC2=O)c(N2CC[C@H](N(C)C)C2)cc1OC. The molecule has 0 aliphatic carbocycles. The van der Waals surface area contributed by atoms with Crippen LogP contribution in [0.15, 0.2) is 17.0 Å². The van der Waals surface area contributed by atoms with Crippen molar-refractivity contribution in [1.82, 2.24) is 10.2 Å². The average Bonchev–Trinajstić information content (AvgIpc) is 3.21. The van der Waals surface area contributed by atoms with E-state index in [0.29, 0.717) is 22.4 Å². The van der Waals surface area contributed by atoms with Gasteiger partial charge in [0.15, 0.2) is 11.5 Å². The maximum atomic E-state index is 11.9. The summed E-state index contributed by atoms with van der Waals surface area (Å²) in [6, 6.07) is 4.25. The highest BCUT2D eigenvalue weighted by molar-refractivity contribution is 8.18. The molecule has 1 N–H and O–H groups in total. The van der Waals surface area contributed by atoms with Gasteiger partial charge in [-0.25, -0.2) is 0 Å². The lowest BCUT2D eigenvalue weighted by Crippen LogP contribution is -2.31. The molecule has 2 heterocycles. The summed E-state index contributed by atoms with van der Waals surface area (Å²) < 4.78 is 10.9. The topological polar surface area (TPSA) is 71.1 Å². The molecule has 140 valence electrons. The molecule has 2 saturated heterocycles. The monoisotopic (exact) mass is 377 g/mol. The number of carbonyl (C=O) groups excluding carboxylic acids is 2. The summed E-state index contributed by atoms with van der Waals surface area (Å²) in [5, 5.41) is 1.94. The number of ether oxygens (including phenoxy) is 2. The molecule has 26 heavy (non-hydrogen) atoms. The van der Waals surface area contributed by atoms with Crippen molar-refractivity contribution in [3.63, 3.8) is 0 Å². The highest BCUT2D eigenvalue weighted by atomic mass is 32.2. The van der Waals surface area contributed by atoms with Gasteiger partial charge in [-0.3, -0.25) is 14.9 Å². The minimum absolute atomic E-state index is 0.350. The van der Waals surface area contributed by atoms with Crippen molar-refractivity contribution in [3.8, 4) is 11.5 Å². The third kappa shape index (κ3) is 3.66. The summed E-state index contributed by atoms with van der Waals surface area (Å²) >= 11 is 0.911. The molecule has 3 rings (SSSR count). The van der Waals surface area contributed by atoms with E-state index in [9.17, 15) is 9.59 Å². The third-order valence-corrected chi connectivity index (χ3v) is 5.51. The van der Waals surface area contributed by atoms with Gasteiger partial charge in [0.25, 0.3) is 11.1 Å². The van der Waals surface area contributed by atoms with Crippen LogP contribution in [-0.4, -0.2) is 63.5 Å². The normalized spacial score (nSPS) is 21.7. The summed E-state index contributed by atoms with van der Waals surface area (Å²) in [6.07, 6.45) is 2.80. The summed E-state index contributed by atoms with van der Waals surface area (Å²) in [4.78, 5) is 28.3. The smallest absolute Gasteiger partial charge is 0.290 e. The average molecular weight is 377 g/mol. The predicted octanol–water partition coefficient (Wildman–Crippen LogP) is 2.17. The van der Waals surface area contributed by atoms with Crippen LogP contribution in [0.1, 0.15) is 12.0 Å². The van der Waals surface area contributed by atoms with Crippen LogP contribution >= 0.6 is 11.8 Å². The molecule has 0 aromatic heterocycles. The Hall–Kier alpha value is -2.19. The molecular weight excluding hydrogens is 354 g/mol. The number of hydrogen-bond donors (Lipinski definition) is 1. The number of carbonyl (C=O) groups is 2. The molecule has 0 spiro atoms. The fourth-order valence-corrected chi connectivity index (χ4v) is 3.89. The lowest BCUT2D eigenvalue weighted by Gasteiger charge is -2.24. The van der Waals surface area contributed by atoms with Crippen molar-refractivity contribution in [1.29, 1.82) is 0 Å². The third-order valence-electron chi connectivity index (χ3n) is 4.70. The van der Waals surface area contributed by atoms with E-state index in [0.717, 1.165) is 42.5 Å². The lowest BCUT2D eigenvalue weighted by molar-refractivity contribution is -0.115. The number of methoxy groups -OCH3 is 2. The van der Waals surface area contributed by atoms with Crippen LogP contribution in [0.2, 0.25) is 0 Å². The van der Waals surface area contributed by atoms with Gasteiger partial charge in [-0.1, -0.05) is 0 Å². The van der Waals surface area contributed by atoms with E-state index in [4.69, 9.17) is 9.47 Å². The van der Waals surface area contributed by atoms with E-state index < -0.39 is 0 Å². The summed E-state index contributed by atoms with van der Waals surface area (Å²) in [5.74, 6) is 0.854. The quantitative estimate of drug-likeness (QED) is 0.789. The molecule has 8 heteroatoms. The van der Waals surface area contributed by atoms with Crippen molar-refractivity contribution in [3.05, 3.63) is 22.6 Å². The first-order chi connectivity index (χ1) is 12.4. The molecule has 1 aromatic rings. The van der Waals surface area contributed by atoms with E-state index in [1.807, 2.05) is 12.1 Å². The fourth-order valence-electron chi connectivity index (χ4n) is 3.22. The number of thioether (sulfide) groups is 1. The Morgan fingerprint density at radius 3 is 2.46 bits per heavy atom. The Balaban J connectivity index is 2.03. The Morgan fingerprint density at radius 1 is 1.23 bits per heavy atom. The number of benzene rings is 1. The Bertz CT molecular complexity index is 763. The van der Waals surface area contributed by atoms with Gasteiger partial charge < -0.3 is 19.3 Å². The van der Waals surface area contributed by atoms with Crippen molar-refractivity contribution in [2.24, 2.45) is 0 Å². The Morgan fingerprint density at radius 2 is 1.92 bits per heavy atom. The maximum Gasteiger partial charge on any atom is 0.290 e. The number of likely N-dealkylation sites (N-methyl/N-ethyl adjacent to an activating group) is 1. The number of anilines is 1. The molecule has 0 unspecified atom stereocenters. The number of amides is 2. The second kappa shape index (κ2) is 7.59. The molecule has 0 saturated carbocycles. The lowest BCUT2D eigenvalue weighted by atomic mass is 10.1. The predicted molar refractivity (Wildman–Crippen MR) is 103 cm³/mol. The standard InChI is InChI=1S/C18H23N3O4S/c1-20(2)12-5-6-21(10-12)13-9-15(25-4)14(24-3)7-11(13)8-16-17(22)19-18(23)26-16/h7-9,12H,5-6,10H2,1-4H3,(H,19,22,23)/t12-/m0/s1. The van der Waals surface area contributed by atoms with E-state index in [2.05, 4.69) is 29.2 Å². The summed E-state index contributed by atoms with van der Waals surface area (Å²) in [6.45, 7) is 1.80. The largest absolute Gasteiger partial charge is 0.493 e. The first kappa shape index (κ1) is 18.6. The first-order valence-corrected chi connectivity index (χ1v) is 9.16. The van der Waals surface area contributed by atoms with Crippen LogP contribution in [0.25, 0.3) is 6.08 Å². The van der Waals surface area contributed by atoms with Crippen molar-refractivity contribution in [2.45, 2.75) is 12.5 Å². The highest BCUT2D eigenvalue weighted by Crippen LogP contribution is 2.39. The fraction of sp³-hybridized carbons (Fsp3) is 0.444. The van der Waals surface area contributed by atoms with Crippen molar-refractivity contribution in [2.75, 3.05) is 46.3 Å². The van der Waals surface area contributed by atoms with Crippen LogP contribution < -0.4 is 19.7 Å². The molecular formula is C18H23N3O4S. The summed E-state index contributed by atoms with van der Waals surface area (Å²) in [7, 11) is 7.34. The van der Waals surface area contributed by atoms with Crippen LogP contribution in [-0.2, 0) is 4.79 Å². The van der Waals surface area contributed by atoms with Gasteiger partial charge in [0, 0.05) is 36.4 Å². The van der Waals surface area contributed by atoms with E-state index in [1.54, 1.807) is 20.3 Å². The first-order valence-electron chi connectivity index (χ1n) is 8.35. The molecule has 2 aliphatic rings. The molecule has 7 nitrogen and oxygen atoms in total. The van der Waals surface area contributed by atoms with Gasteiger partial charge in [0.2, 0.25) is 0 Å². The minimum atomic E-state index is -0.367. The van der Waals surface area contributed by atoms with Gasteiger partial charge in [-0.15, -0.1) is 0 Å². The van der Waals surface area contributed by atoms with E-state index in [1.165, 1.54) is 0 Å². The minimum Gasteiger partial charge on any atom is -0.493 e. The molecule has 0 bridgehead atoms. The summed E-state index contributed by atoms with van der Waals surface area (Å²) in [5.41, 5.74) is 1.79. The van der Waals surface area contributed by atoms with Crippen molar-refractivity contribution >= 4 is 34.7 Å². The van der Waals surface area contributed by atoms with Crippen molar-refractivity contribution < 1.29 is 19.1 Å². The van der Waals surface area contributed by atoms with Gasteiger partial charge in [-0.2, -0.15) is 0 Å². The van der Waals surface area contributed by atoms with Gasteiger partial charge in [0.05, 0.1) is 19.1 Å². The number of rotatable bonds is 5. The number of hydrogen-bond acceptors (Lipinski definition) is 7. The number of nitrogens with zero attached hydrogens (tertiary/aromatic N) is 2. The highest BCUT2D eigenvalue weighted by Gasteiger charge is 2.29. The zero-order valence-corrected chi connectivity index (χ0v) is 16.2. The zero-order valence-electron chi connectivity index (χ0n) is 15.4. The van der Waals surface area contributed by atoms with E-state index >= 15 is 0 Å². The van der Waals surface area contributed by atoms with Crippen LogP contribution in [0.5, 0.6) is 11.5 Å². The second-order valence-corrected chi connectivity index (χ2v) is 7.49. The molecule has 1 atom stereocenters. The molecule has 2 fully saturated rings. The molecule has 0 radical (unpaired) electrons.